The molecule has 0 spiro atoms. The van der Waals surface area contributed by atoms with Crippen LogP contribution in [0.25, 0.3) is 0 Å². The molecule has 0 saturated carbocycles. The first-order valence-electron chi connectivity index (χ1n) is 5.47. The number of nitrogens with two attached hydrogens (primary N) is 1. The zero-order chi connectivity index (χ0) is 14.0. The number of halogens is 2. The van der Waals surface area contributed by atoms with Crippen molar-refractivity contribution < 1.29 is 5.21 Å². The van der Waals surface area contributed by atoms with Gasteiger partial charge in [-0.3, -0.25) is 4.68 Å². The predicted molar refractivity (Wildman–Crippen MR) is 75.0 cm³/mol. The molecule has 0 saturated heterocycles. The minimum atomic E-state index is 0.0202. The van der Waals surface area contributed by atoms with Crippen LogP contribution in [0.2, 0.25) is 10.0 Å². The molecule has 1 aromatic carbocycles. The van der Waals surface area contributed by atoms with E-state index < -0.39 is 0 Å². The van der Waals surface area contributed by atoms with Gasteiger partial charge >= 0.3 is 0 Å². The highest BCUT2D eigenvalue weighted by Crippen LogP contribution is 2.21. The number of aromatic nitrogens is 2. The van der Waals surface area contributed by atoms with Crippen molar-refractivity contribution in [1.29, 1.82) is 0 Å². The molecular weight excluding hydrogens is 287 g/mol. The second-order valence-corrected chi connectivity index (χ2v) is 4.84. The number of amidine groups is 1. The lowest BCUT2D eigenvalue weighted by Gasteiger charge is -2.08. The standard InChI is InChI=1S/C12H12Cl2N4O/c1-7-11(14)5-16-18(7)6-9-3-2-8(4-10(9)13)12(15)17-19/h2-5,19H,6H2,1H3,(H2,15,17). The lowest BCUT2D eigenvalue weighted by molar-refractivity contribution is 0.318. The first-order valence-corrected chi connectivity index (χ1v) is 6.22. The largest absolute Gasteiger partial charge is 0.409 e. The van der Waals surface area contributed by atoms with Gasteiger partial charge < -0.3 is 10.9 Å². The Bertz CT molecular complexity index is 637. The van der Waals surface area contributed by atoms with Crippen molar-refractivity contribution >= 4 is 29.0 Å². The average Bonchev–Trinajstić information content (AvgIpc) is 2.72. The molecule has 2 aromatic rings. The van der Waals surface area contributed by atoms with Gasteiger partial charge in [-0.1, -0.05) is 40.5 Å². The van der Waals surface area contributed by atoms with Crippen LogP contribution in [0.5, 0.6) is 0 Å². The fourth-order valence-corrected chi connectivity index (χ4v) is 2.02. The maximum Gasteiger partial charge on any atom is 0.170 e. The first-order chi connectivity index (χ1) is 9.02. The van der Waals surface area contributed by atoms with Gasteiger partial charge in [0.1, 0.15) is 0 Å². The second-order valence-electron chi connectivity index (χ2n) is 4.03. The molecule has 100 valence electrons. The van der Waals surface area contributed by atoms with Crippen molar-refractivity contribution in [2.45, 2.75) is 13.5 Å². The maximum absolute atomic E-state index is 8.61. The minimum Gasteiger partial charge on any atom is -0.409 e. The summed E-state index contributed by atoms with van der Waals surface area (Å²) in [6.45, 7) is 2.39. The minimum absolute atomic E-state index is 0.0202. The highest BCUT2D eigenvalue weighted by molar-refractivity contribution is 6.32. The van der Waals surface area contributed by atoms with E-state index in [4.69, 9.17) is 34.1 Å². The van der Waals surface area contributed by atoms with Crippen LogP contribution in [0.4, 0.5) is 0 Å². The fourth-order valence-electron chi connectivity index (χ4n) is 1.64. The van der Waals surface area contributed by atoms with E-state index in [1.165, 1.54) is 0 Å². The Labute approximate surface area is 120 Å². The molecule has 5 nitrogen and oxygen atoms in total. The summed E-state index contributed by atoms with van der Waals surface area (Å²) in [6.07, 6.45) is 1.59. The van der Waals surface area contributed by atoms with E-state index in [0.717, 1.165) is 11.3 Å². The SMILES string of the molecule is Cc1c(Cl)cnn1Cc1ccc(/C(N)=N/O)cc1Cl. The molecule has 0 aliphatic carbocycles. The molecule has 0 unspecified atom stereocenters. The van der Waals surface area contributed by atoms with Crippen molar-refractivity contribution in [3.8, 4) is 0 Å². The summed E-state index contributed by atoms with van der Waals surface area (Å²) in [5.41, 5.74) is 7.81. The Kier molecular flexibility index (Phi) is 3.97. The number of nitrogens with zero attached hydrogens (tertiary/aromatic N) is 3. The number of benzene rings is 1. The number of rotatable bonds is 3. The van der Waals surface area contributed by atoms with Crippen molar-refractivity contribution in [2.75, 3.05) is 0 Å². The van der Waals surface area contributed by atoms with Gasteiger partial charge in [0, 0.05) is 10.6 Å². The lowest BCUT2D eigenvalue weighted by Crippen LogP contribution is -2.13. The normalized spacial score (nSPS) is 11.8. The number of hydrogen-bond donors (Lipinski definition) is 2. The zero-order valence-corrected chi connectivity index (χ0v) is 11.7. The molecule has 0 aliphatic rings. The third-order valence-electron chi connectivity index (χ3n) is 2.82. The summed E-state index contributed by atoms with van der Waals surface area (Å²) in [6, 6.07) is 5.19. The van der Waals surface area contributed by atoms with Gasteiger partial charge in [-0.25, -0.2) is 0 Å². The van der Waals surface area contributed by atoms with Gasteiger partial charge in [0.15, 0.2) is 5.84 Å². The topological polar surface area (TPSA) is 76.4 Å². The van der Waals surface area contributed by atoms with E-state index in [2.05, 4.69) is 10.3 Å². The van der Waals surface area contributed by atoms with Crippen LogP contribution >= 0.6 is 23.2 Å². The fraction of sp³-hybridized carbons (Fsp3) is 0.167. The lowest BCUT2D eigenvalue weighted by atomic mass is 10.1. The van der Waals surface area contributed by atoms with Gasteiger partial charge in [-0.05, 0) is 18.6 Å². The molecule has 1 heterocycles. The first kappa shape index (κ1) is 13.7. The summed E-state index contributed by atoms with van der Waals surface area (Å²) in [4.78, 5) is 0. The van der Waals surface area contributed by atoms with Crippen LogP contribution in [0.1, 0.15) is 16.8 Å². The molecular formula is C12H12Cl2N4O. The van der Waals surface area contributed by atoms with Crippen molar-refractivity contribution in [3.05, 3.63) is 51.3 Å². The maximum atomic E-state index is 8.61. The quantitative estimate of drug-likeness (QED) is 0.396. The molecule has 0 bridgehead atoms. The summed E-state index contributed by atoms with van der Waals surface area (Å²) >= 11 is 12.1. The Morgan fingerprint density at radius 3 is 2.68 bits per heavy atom. The van der Waals surface area contributed by atoms with Gasteiger partial charge in [0.2, 0.25) is 0 Å². The molecule has 0 fully saturated rings. The molecule has 0 radical (unpaired) electrons. The summed E-state index contributed by atoms with van der Waals surface area (Å²) in [7, 11) is 0. The van der Waals surface area contributed by atoms with E-state index >= 15 is 0 Å². The van der Waals surface area contributed by atoms with Gasteiger partial charge in [-0.2, -0.15) is 5.10 Å². The van der Waals surface area contributed by atoms with Gasteiger partial charge in [0.05, 0.1) is 23.5 Å². The van der Waals surface area contributed by atoms with Crippen molar-refractivity contribution in [2.24, 2.45) is 10.9 Å². The predicted octanol–water partition coefficient (Wildman–Crippen LogP) is 2.64. The summed E-state index contributed by atoms with van der Waals surface area (Å²) in [5, 5.41) is 16.8. The molecule has 19 heavy (non-hydrogen) atoms. The average molecular weight is 299 g/mol. The number of oxime groups is 1. The molecule has 0 amide bonds. The molecule has 0 aliphatic heterocycles. The second kappa shape index (κ2) is 5.50. The monoisotopic (exact) mass is 298 g/mol. The molecule has 1 aromatic heterocycles. The van der Waals surface area contributed by atoms with Crippen LogP contribution < -0.4 is 5.73 Å². The van der Waals surface area contributed by atoms with Gasteiger partial charge in [-0.15, -0.1) is 0 Å². The Morgan fingerprint density at radius 2 is 2.16 bits per heavy atom. The molecule has 2 rings (SSSR count). The van der Waals surface area contributed by atoms with Crippen LogP contribution in [0.3, 0.4) is 0 Å². The molecule has 3 N–H and O–H groups in total. The third kappa shape index (κ3) is 2.83. The number of hydrogen-bond acceptors (Lipinski definition) is 3. The Balaban J connectivity index is 2.30. The van der Waals surface area contributed by atoms with Crippen molar-refractivity contribution in [1.82, 2.24) is 9.78 Å². The van der Waals surface area contributed by atoms with Crippen LogP contribution in [0.15, 0.2) is 29.6 Å². The van der Waals surface area contributed by atoms with Gasteiger partial charge in [0.25, 0.3) is 0 Å². The highest BCUT2D eigenvalue weighted by Gasteiger charge is 2.09. The summed E-state index contributed by atoms with van der Waals surface area (Å²) in [5.74, 6) is 0.0202. The Morgan fingerprint density at radius 1 is 1.42 bits per heavy atom. The summed E-state index contributed by atoms with van der Waals surface area (Å²) < 4.78 is 1.76. The zero-order valence-electron chi connectivity index (χ0n) is 10.1. The van der Waals surface area contributed by atoms with E-state index in [0.29, 0.717) is 22.2 Å². The van der Waals surface area contributed by atoms with Crippen LogP contribution in [-0.4, -0.2) is 20.8 Å². The van der Waals surface area contributed by atoms with E-state index in [9.17, 15) is 0 Å². The highest BCUT2D eigenvalue weighted by atomic mass is 35.5. The van der Waals surface area contributed by atoms with E-state index in [1.54, 1.807) is 23.0 Å². The Hall–Kier alpha value is -1.72. The smallest absolute Gasteiger partial charge is 0.170 e. The molecule has 0 atom stereocenters. The van der Waals surface area contributed by atoms with Crippen molar-refractivity contribution in [3.63, 3.8) is 0 Å². The van der Waals surface area contributed by atoms with E-state index in [1.807, 2.05) is 13.0 Å². The molecule has 7 heteroatoms. The van der Waals surface area contributed by atoms with E-state index in [-0.39, 0.29) is 5.84 Å². The van der Waals surface area contributed by atoms with Crippen LogP contribution in [0, 0.1) is 6.92 Å². The van der Waals surface area contributed by atoms with Crippen LogP contribution in [-0.2, 0) is 6.54 Å². The third-order valence-corrected chi connectivity index (χ3v) is 3.54.